The van der Waals surface area contributed by atoms with Crippen LogP contribution in [0.15, 0.2) is 29.4 Å². The number of benzene rings is 1. The van der Waals surface area contributed by atoms with E-state index in [4.69, 9.17) is 0 Å². The number of hydrazone groups is 1. The Labute approximate surface area is 126 Å². The first-order chi connectivity index (χ1) is 10.5. The fraction of sp³-hybridized carbons (Fsp3) is 0.333. The third kappa shape index (κ3) is 2.05. The molecule has 0 saturated carbocycles. The molecule has 1 saturated heterocycles. The van der Waals surface area contributed by atoms with E-state index in [9.17, 15) is 14.4 Å². The van der Waals surface area contributed by atoms with Gasteiger partial charge in [-0.2, -0.15) is 5.10 Å². The smallest absolute Gasteiger partial charge is 0.354 e. The lowest BCUT2D eigenvalue weighted by Gasteiger charge is -2.21. The summed E-state index contributed by atoms with van der Waals surface area (Å²) in [5, 5.41) is 3.86. The Bertz CT molecular complexity index is 712. The van der Waals surface area contributed by atoms with Gasteiger partial charge in [-0.05, 0) is 24.6 Å². The normalized spacial score (nSPS) is 23.7. The summed E-state index contributed by atoms with van der Waals surface area (Å²) in [5.41, 5.74) is 3.09. The maximum atomic E-state index is 12.7. The summed E-state index contributed by atoms with van der Waals surface area (Å²) in [6, 6.07) is 7.15. The van der Waals surface area contributed by atoms with E-state index < -0.39 is 17.4 Å². The van der Waals surface area contributed by atoms with E-state index in [-0.39, 0.29) is 24.5 Å². The maximum absolute atomic E-state index is 12.7. The number of hydrogen-bond acceptors (Lipinski definition) is 6. The second kappa shape index (κ2) is 4.94. The van der Waals surface area contributed by atoms with Crippen molar-refractivity contribution in [3.63, 3.8) is 0 Å². The fourth-order valence-electron chi connectivity index (χ4n) is 2.77. The van der Waals surface area contributed by atoms with Crippen molar-refractivity contribution in [2.75, 3.05) is 12.0 Å². The van der Waals surface area contributed by atoms with E-state index in [0.717, 1.165) is 10.5 Å². The maximum Gasteiger partial charge on any atom is 0.354 e. The third-order valence-corrected chi connectivity index (χ3v) is 3.87. The summed E-state index contributed by atoms with van der Waals surface area (Å²) in [6.07, 6.45) is 0.0102. The van der Waals surface area contributed by atoms with Gasteiger partial charge in [-0.25, -0.2) is 9.69 Å². The van der Waals surface area contributed by atoms with Gasteiger partial charge in [0.05, 0.1) is 19.2 Å². The second-order valence-electron chi connectivity index (χ2n) is 5.47. The van der Waals surface area contributed by atoms with Crippen LogP contribution < -0.4 is 10.3 Å². The SMILES string of the molecule is COC(=O)C1=NN[C@@]2(CC(=O)N(c3cccc(C)c3)C2=O)C1. The summed E-state index contributed by atoms with van der Waals surface area (Å²) in [5.74, 6) is -1.31. The number of hydrogen-bond donors (Lipinski definition) is 1. The molecule has 3 rings (SSSR count). The van der Waals surface area contributed by atoms with Crippen LogP contribution in [-0.4, -0.2) is 36.1 Å². The van der Waals surface area contributed by atoms with Crippen LogP contribution in [0.3, 0.4) is 0 Å². The Morgan fingerprint density at radius 1 is 1.36 bits per heavy atom. The van der Waals surface area contributed by atoms with Gasteiger partial charge in [-0.3, -0.25) is 15.0 Å². The first kappa shape index (κ1) is 14.2. The van der Waals surface area contributed by atoms with Crippen LogP contribution >= 0.6 is 0 Å². The minimum absolute atomic E-state index is 0.0379. The van der Waals surface area contributed by atoms with Gasteiger partial charge in [-0.1, -0.05) is 12.1 Å². The van der Waals surface area contributed by atoms with E-state index in [1.165, 1.54) is 7.11 Å². The van der Waals surface area contributed by atoms with Gasteiger partial charge in [0.25, 0.3) is 5.91 Å². The number of anilines is 1. The second-order valence-corrected chi connectivity index (χ2v) is 5.47. The van der Waals surface area contributed by atoms with Gasteiger partial charge < -0.3 is 4.74 Å². The zero-order valence-corrected chi connectivity index (χ0v) is 12.3. The van der Waals surface area contributed by atoms with Crippen LogP contribution in [0.5, 0.6) is 0 Å². The van der Waals surface area contributed by atoms with Gasteiger partial charge in [0, 0.05) is 6.42 Å². The predicted octanol–water partition coefficient (Wildman–Crippen LogP) is 0.519. The van der Waals surface area contributed by atoms with Gasteiger partial charge in [0.15, 0.2) is 0 Å². The lowest BCUT2D eigenvalue weighted by molar-refractivity contribution is -0.132. The summed E-state index contributed by atoms with van der Waals surface area (Å²) < 4.78 is 4.61. The fourth-order valence-corrected chi connectivity index (χ4v) is 2.77. The van der Waals surface area contributed by atoms with Crippen LogP contribution in [-0.2, 0) is 19.1 Å². The van der Waals surface area contributed by atoms with Crippen molar-refractivity contribution >= 4 is 29.2 Å². The minimum atomic E-state index is -1.18. The Hall–Kier alpha value is -2.70. The van der Waals surface area contributed by atoms with Crippen molar-refractivity contribution < 1.29 is 19.1 Å². The summed E-state index contributed by atoms with van der Waals surface area (Å²) in [7, 11) is 1.25. The highest BCUT2D eigenvalue weighted by molar-refractivity contribution is 6.39. The molecular formula is C15H15N3O4. The van der Waals surface area contributed by atoms with Crippen molar-refractivity contribution in [2.45, 2.75) is 25.3 Å². The largest absolute Gasteiger partial charge is 0.464 e. The van der Waals surface area contributed by atoms with E-state index in [1.54, 1.807) is 18.2 Å². The van der Waals surface area contributed by atoms with Crippen molar-refractivity contribution in [1.82, 2.24) is 5.43 Å². The number of amides is 2. The molecule has 114 valence electrons. The molecule has 22 heavy (non-hydrogen) atoms. The van der Waals surface area contributed by atoms with Gasteiger partial charge in [-0.15, -0.1) is 0 Å². The Balaban J connectivity index is 1.89. The number of nitrogens with zero attached hydrogens (tertiary/aromatic N) is 2. The number of carbonyl (C=O) groups excluding carboxylic acids is 3. The van der Waals surface area contributed by atoms with Crippen molar-refractivity contribution in [3.8, 4) is 0 Å². The molecule has 0 radical (unpaired) electrons. The Morgan fingerprint density at radius 3 is 2.82 bits per heavy atom. The van der Waals surface area contributed by atoms with Crippen molar-refractivity contribution in [1.29, 1.82) is 0 Å². The molecule has 1 spiro atoms. The predicted molar refractivity (Wildman–Crippen MR) is 78.2 cm³/mol. The van der Waals surface area contributed by atoms with Crippen molar-refractivity contribution in [2.24, 2.45) is 5.10 Å². The highest BCUT2D eigenvalue weighted by Crippen LogP contribution is 2.34. The van der Waals surface area contributed by atoms with E-state index >= 15 is 0 Å². The molecule has 1 fully saturated rings. The van der Waals surface area contributed by atoms with E-state index in [2.05, 4.69) is 15.3 Å². The molecule has 2 amide bonds. The Kier molecular flexibility index (Phi) is 3.20. The van der Waals surface area contributed by atoms with E-state index in [1.807, 2.05) is 13.0 Å². The molecule has 0 aromatic heterocycles. The number of aryl methyl sites for hydroxylation is 1. The average Bonchev–Trinajstić information content (AvgIpc) is 3.01. The number of imide groups is 1. The van der Waals surface area contributed by atoms with E-state index in [0.29, 0.717) is 5.69 Å². The third-order valence-electron chi connectivity index (χ3n) is 3.87. The molecule has 0 unspecified atom stereocenters. The number of carbonyl (C=O) groups is 3. The first-order valence-electron chi connectivity index (χ1n) is 6.83. The zero-order valence-electron chi connectivity index (χ0n) is 12.3. The van der Waals surface area contributed by atoms with Crippen LogP contribution in [0.25, 0.3) is 0 Å². The summed E-state index contributed by atoms with van der Waals surface area (Å²) in [6.45, 7) is 1.89. The quantitative estimate of drug-likeness (QED) is 0.635. The summed E-state index contributed by atoms with van der Waals surface area (Å²) in [4.78, 5) is 37.7. The average molecular weight is 301 g/mol. The molecule has 7 nitrogen and oxygen atoms in total. The number of ether oxygens (including phenoxy) is 1. The van der Waals surface area contributed by atoms with Gasteiger partial charge >= 0.3 is 5.97 Å². The van der Waals surface area contributed by atoms with Gasteiger partial charge in [0.2, 0.25) is 5.91 Å². The first-order valence-corrected chi connectivity index (χ1v) is 6.83. The van der Waals surface area contributed by atoms with Crippen LogP contribution in [0.4, 0.5) is 5.69 Å². The number of nitrogens with one attached hydrogen (secondary N) is 1. The molecule has 1 aromatic carbocycles. The monoisotopic (exact) mass is 301 g/mol. The molecule has 0 aliphatic carbocycles. The molecule has 1 N–H and O–H groups in total. The van der Waals surface area contributed by atoms with Gasteiger partial charge in [0.1, 0.15) is 11.3 Å². The Morgan fingerprint density at radius 2 is 2.14 bits per heavy atom. The van der Waals surface area contributed by atoms with Crippen LogP contribution in [0, 0.1) is 6.92 Å². The molecule has 2 heterocycles. The molecule has 0 bridgehead atoms. The highest BCUT2D eigenvalue weighted by Gasteiger charge is 2.56. The number of esters is 1. The molecule has 2 aliphatic heterocycles. The van der Waals surface area contributed by atoms with Crippen molar-refractivity contribution in [3.05, 3.63) is 29.8 Å². The van der Waals surface area contributed by atoms with Crippen LogP contribution in [0.2, 0.25) is 0 Å². The summed E-state index contributed by atoms with van der Waals surface area (Å²) >= 11 is 0. The lowest BCUT2D eigenvalue weighted by atomic mass is 9.93. The lowest BCUT2D eigenvalue weighted by Crippen LogP contribution is -2.47. The molecule has 7 heteroatoms. The zero-order chi connectivity index (χ0) is 15.9. The highest BCUT2D eigenvalue weighted by atomic mass is 16.5. The molecular weight excluding hydrogens is 286 g/mol. The topological polar surface area (TPSA) is 88.1 Å². The number of methoxy groups -OCH3 is 1. The minimum Gasteiger partial charge on any atom is -0.464 e. The van der Waals surface area contributed by atoms with Crippen LogP contribution in [0.1, 0.15) is 18.4 Å². The molecule has 1 aromatic rings. The number of rotatable bonds is 2. The molecule has 1 atom stereocenters. The standard InChI is InChI=1S/C15H15N3O4/c1-9-4-3-5-10(6-9)18-12(19)8-15(14(18)21)7-11(16-17-15)13(20)22-2/h3-6,17H,7-8H2,1-2H3/t15-/m1/s1. The molecule has 2 aliphatic rings.